The minimum absolute atomic E-state index is 0.0382. The van der Waals surface area contributed by atoms with Crippen LogP contribution >= 0.6 is 0 Å². The van der Waals surface area contributed by atoms with Crippen LogP contribution in [0.3, 0.4) is 0 Å². The summed E-state index contributed by atoms with van der Waals surface area (Å²) in [4.78, 5) is 79.6. The van der Waals surface area contributed by atoms with Crippen LogP contribution in [-0.4, -0.2) is 226 Å². The van der Waals surface area contributed by atoms with Crippen molar-refractivity contribution in [3.8, 4) is 0 Å². The number of hydrogen-bond acceptors (Lipinski definition) is 27. The molecule has 0 amide bonds. The average Bonchev–Trinajstić information content (AvgIpc) is 3.94. The summed E-state index contributed by atoms with van der Waals surface area (Å²) in [6.07, 6.45) is -36.8. The van der Waals surface area contributed by atoms with Gasteiger partial charge in [0.2, 0.25) is 5.79 Å². The molecule has 0 aliphatic carbocycles. The van der Waals surface area contributed by atoms with Crippen LogP contribution in [0, 0.1) is 0 Å². The van der Waals surface area contributed by atoms with Crippen molar-refractivity contribution in [1.82, 2.24) is 0 Å². The second kappa shape index (κ2) is 26.7. The molecule has 4 fully saturated rings. The van der Waals surface area contributed by atoms with Gasteiger partial charge in [0, 0.05) is 20.8 Å². The molecule has 4 saturated heterocycles. The van der Waals surface area contributed by atoms with Gasteiger partial charge in [-0.1, -0.05) is 54.6 Å². The first kappa shape index (κ1) is 59.5. The molecule has 3 aromatic rings. The van der Waals surface area contributed by atoms with Gasteiger partial charge >= 0.3 is 35.8 Å². The highest BCUT2D eigenvalue weighted by Gasteiger charge is 2.65. The maximum Gasteiger partial charge on any atom is 0.338 e. The van der Waals surface area contributed by atoms with Crippen molar-refractivity contribution in [1.29, 1.82) is 0 Å². The SMILES string of the molecule is CC(=O)OC[C@H]1O[C@@H](O[C@H]2[C@@H](O[C@]3(COC(=O)c4ccccc4)O[C@H](CO)[C@H](OC(=O)c4ccccc4)[C@@H]3OC(=O)c3ccccc3)O[C@H](COC(C)=O)[C@@H](OC(C)=O)[C@@H]2O[C@H]2O[C@H](CO)[C@@H](O)[C@H](O)[C@H]2O)[C@H](O)[C@@H](O)[C@@H]1O. The summed E-state index contributed by atoms with van der Waals surface area (Å²) in [5, 5.41) is 87.8. The largest absolute Gasteiger partial charge is 0.463 e. The number of aliphatic hydroxyl groups is 8. The summed E-state index contributed by atoms with van der Waals surface area (Å²) in [6.45, 7) is -1.89. The molecular weight excluding hydrogens is 1040 g/mol. The van der Waals surface area contributed by atoms with Crippen molar-refractivity contribution in [2.24, 2.45) is 0 Å². The molecule has 4 aliphatic heterocycles. The molecule has 4 heterocycles. The van der Waals surface area contributed by atoms with Gasteiger partial charge in [0.25, 0.3) is 0 Å². The number of hydrogen-bond donors (Lipinski definition) is 8. The first-order chi connectivity index (χ1) is 37.2. The molecule has 0 bridgehead atoms. The molecule has 8 N–H and O–H groups in total. The Labute approximate surface area is 443 Å². The molecule has 0 radical (unpaired) electrons. The average molecular weight is 1110 g/mol. The number of aliphatic hydroxyl groups excluding tert-OH is 8. The van der Waals surface area contributed by atoms with Crippen LogP contribution in [0.5, 0.6) is 0 Å². The highest BCUT2D eigenvalue weighted by Crippen LogP contribution is 2.43. The van der Waals surface area contributed by atoms with E-state index in [-0.39, 0.29) is 16.7 Å². The Kier molecular flexibility index (Phi) is 20.4. The number of carbonyl (C=O) groups excluding carboxylic acids is 6. The summed E-state index contributed by atoms with van der Waals surface area (Å²) in [5.41, 5.74) is -0.186. The second-order valence-electron chi connectivity index (χ2n) is 18.3. The zero-order valence-electron chi connectivity index (χ0n) is 41.9. The Balaban J connectivity index is 1.43. The van der Waals surface area contributed by atoms with Crippen molar-refractivity contribution < 1.29 is 131 Å². The molecular formula is C51H60O27. The minimum atomic E-state index is -2.91. The van der Waals surface area contributed by atoms with Crippen LogP contribution in [0.2, 0.25) is 0 Å². The molecule has 0 spiro atoms. The normalized spacial score (nSPS) is 34.7. The number of carbonyl (C=O) groups is 6. The fraction of sp³-hybridized carbons (Fsp3) is 0.529. The molecule has 78 heavy (non-hydrogen) atoms. The van der Waals surface area contributed by atoms with E-state index < -0.39 is 185 Å². The van der Waals surface area contributed by atoms with Crippen molar-refractivity contribution in [2.75, 3.05) is 33.0 Å². The smallest absolute Gasteiger partial charge is 0.338 e. The molecule has 19 atom stereocenters. The third-order valence-corrected chi connectivity index (χ3v) is 12.7. The molecule has 426 valence electrons. The maximum absolute atomic E-state index is 14.3. The molecule has 0 unspecified atom stereocenters. The van der Waals surface area contributed by atoms with Crippen molar-refractivity contribution >= 4 is 35.8 Å². The summed E-state index contributed by atoms with van der Waals surface area (Å²) in [6, 6.07) is 22.0. The van der Waals surface area contributed by atoms with E-state index in [9.17, 15) is 69.6 Å². The Morgan fingerprint density at radius 2 is 0.897 bits per heavy atom. The molecule has 27 heteroatoms. The van der Waals surface area contributed by atoms with E-state index >= 15 is 0 Å². The third-order valence-electron chi connectivity index (χ3n) is 12.7. The van der Waals surface area contributed by atoms with Gasteiger partial charge in [0.1, 0.15) is 93.1 Å². The number of benzene rings is 3. The molecule has 0 aromatic heterocycles. The first-order valence-corrected chi connectivity index (χ1v) is 24.4. The van der Waals surface area contributed by atoms with E-state index in [4.69, 9.17) is 61.6 Å². The predicted octanol–water partition coefficient (Wildman–Crippen LogP) is -2.44. The summed E-state index contributed by atoms with van der Waals surface area (Å²) < 4.78 is 77.7. The van der Waals surface area contributed by atoms with E-state index in [2.05, 4.69) is 0 Å². The van der Waals surface area contributed by atoms with Gasteiger partial charge in [-0.3, -0.25) is 14.4 Å². The van der Waals surface area contributed by atoms with Gasteiger partial charge in [-0.25, -0.2) is 14.4 Å². The Hall–Kier alpha value is -6.12. The highest BCUT2D eigenvalue weighted by molar-refractivity contribution is 5.91. The Morgan fingerprint density at radius 1 is 0.449 bits per heavy atom. The van der Waals surface area contributed by atoms with E-state index in [1.165, 1.54) is 72.8 Å². The van der Waals surface area contributed by atoms with Crippen LogP contribution in [0.15, 0.2) is 91.0 Å². The van der Waals surface area contributed by atoms with Gasteiger partial charge in [-0.15, -0.1) is 0 Å². The van der Waals surface area contributed by atoms with Crippen molar-refractivity contribution in [3.05, 3.63) is 108 Å². The third kappa shape index (κ3) is 14.0. The van der Waals surface area contributed by atoms with Gasteiger partial charge < -0.3 is 102 Å². The lowest BCUT2D eigenvalue weighted by molar-refractivity contribution is -0.421. The minimum Gasteiger partial charge on any atom is -0.463 e. The van der Waals surface area contributed by atoms with Crippen LogP contribution in [0.4, 0.5) is 0 Å². The van der Waals surface area contributed by atoms with Gasteiger partial charge in [0.05, 0.1) is 29.9 Å². The zero-order chi connectivity index (χ0) is 56.4. The Bertz CT molecular complexity index is 2480. The fourth-order valence-electron chi connectivity index (χ4n) is 8.86. The van der Waals surface area contributed by atoms with Gasteiger partial charge in [0.15, 0.2) is 37.2 Å². The first-order valence-electron chi connectivity index (χ1n) is 24.4. The van der Waals surface area contributed by atoms with Crippen LogP contribution < -0.4 is 0 Å². The van der Waals surface area contributed by atoms with E-state index in [0.717, 1.165) is 20.8 Å². The lowest BCUT2D eigenvalue weighted by Crippen LogP contribution is -2.69. The molecule has 7 rings (SSSR count). The van der Waals surface area contributed by atoms with Gasteiger partial charge in [-0.05, 0) is 36.4 Å². The molecule has 3 aromatic carbocycles. The van der Waals surface area contributed by atoms with Crippen LogP contribution in [-0.2, 0) is 76.0 Å². The predicted molar refractivity (Wildman–Crippen MR) is 251 cm³/mol. The van der Waals surface area contributed by atoms with E-state index in [0.29, 0.717) is 0 Å². The summed E-state index contributed by atoms with van der Waals surface area (Å²) >= 11 is 0. The Morgan fingerprint density at radius 3 is 1.40 bits per heavy atom. The maximum atomic E-state index is 14.3. The topological polar surface area (TPSA) is 384 Å². The second-order valence-corrected chi connectivity index (χ2v) is 18.3. The van der Waals surface area contributed by atoms with E-state index in [1.54, 1.807) is 18.2 Å². The van der Waals surface area contributed by atoms with Gasteiger partial charge in [-0.2, -0.15) is 0 Å². The van der Waals surface area contributed by atoms with Crippen molar-refractivity contribution in [2.45, 2.75) is 137 Å². The lowest BCUT2D eigenvalue weighted by Gasteiger charge is -2.50. The quantitative estimate of drug-likeness (QED) is 0.0430. The fourth-order valence-corrected chi connectivity index (χ4v) is 8.86. The standard InChI is InChI=1S/C51H60O27/c1-24(54)66-21-32-35(58)37(60)39(62)49(71-32)75-43-42(74-48-38(61)36(59)34(57)30(19-52)70-48)40(69-26(3)56)33(22-67-25(2)55)72-50(43)78-51(23-68-45(63)27-13-7-4-8-14-27)44(76-47(65)29-17-11-6-12-18-29)41(31(20-53)77-51)73-46(64)28-15-9-5-10-16-28/h4-18,30-44,48-50,52-53,57-62H,19-23H2,1-3H3/t30-,31-,32-,33-,34-,35-,36+,37+,38-,39-,40-,41+,42+,43-,44+,48-,49+,50-,51+/m1/s1. The molecule has 27 nitrogen and oxygen atoms in total. The zero-order valence-corrected chi connectivity index (χ0v) is 41.9. The number of ether oxygens (including phenoxy) is 13. The van der Waals surface area contributed by atoms with Crippen LogP contribution in [0.25, 0.3) is 0 Å². The highest BCUT2D eigenvalue weighted by atomic mass is 16.8. The molecule has 4 aliphatic rings. The lowest BCUT2D eigenvalue weighted by atomic mass is 9.95. The van der Waals surface area contributed by atoms with Crippen LogP contribution in [0.1, 0.15) is 51.8 Å². The van der Waals surface area contributed by atoms with E-state index in [1.807, 2.05) is 0 Å². The molecule has 0 saturated carbocycles. The summed E-state index contributed by atoms with van der Waals surface area (Å²) in [7, 11) is 0. The summed E-state index contributed by atoms with van der Waals surface area (Å²) in [5.74, 6) is -9.05. The van der Waals surface area contributed by atoms with Crippen molar-refractivity contribution in [3.63, 3.8) is 0 Å². The number of rotatable bonds is 20. The number of esters is 6. The monoisotopic (exact) mass is 1100 g/mol.